The fraction of sp³-hybridized carbons (Fsp3) is 0.286. The zero-order valence-electron chi connectivity index (χ0n) is 12.0. The number of benzene rings is 2. The number of rotatable bonds is 1. The summed E-state index contributed by atoms with van der Waals surface area (Å²) in [6.07, 6.45) is 0. The lowest BCUT2D eigenvalue weighted by Gasteiger charge is -2.23. The lowest BCUT2D eigenvalue weighted by molar-refractivity contribution is 0.883. The Labute approximate surface area is 136 Å². The molecule has 0 aliphatic heterocycles. The van der Waals surface area contributed by atoms with Crippen LogP contribution in [-0.4, -0.2) is 0 Å². The van der Waals surface area contributed by atoms with Gasteiger partial charge in [-0.3, -0.25) is 0 Å². The van der Waals surface area contributed by atoms with Crippen molar-refractivity contribution in [1.29, 1.82) is 0 Å². The van der Waals surface area contributed by atoms with Crippen LogP contribution < -0.4 is 31.8 Å². The molecular formula is C14H22P6. The molecule has 0 aliphatic rings. The van der Waals surface area contributed by atoms with Gasteiger partial charge in [0.05, 0.1) is 0 Å². The molecule has 0 fully saturated rings. The first kappa shape index (κ1) is 17.6. The molecule has 108 valence electrons. The van der Waals surface area contributed by atoms with Gasteiger partial charge in [0.1, 0.15) is 0 Å². The normalized spacial score (nSPS) is 11.7. The molecule has 0 nitrogen and oxygen atoms in total. The Hall–Kier alpha value is 1.28. The molecule has 0 bridgehead atoms. The van der Waals surface area contributed by atoms with Crippen LogP contribution in [0.1, 0.15) is 30.9 Å². The van der Waals surface area contributed by atoms with Gasteiger partial charge in [0.25, 0.3) is 0 Å². The highest BCUT2D eigenvalue weighted by Crippen LogP contribution is 2.23. The molecular weight excluding hydrogens is 354 g/mol. The van der Waals surface area contributed by atoms with Crippen molar-refractivity contribution in [3.8, 4) is 0 Å². The van der Waals surface area contributed by atoms with Crippen LogP contribution in [0.15, 0.2) is 0 Å². The maximum Gasteiger partial charge on any atom is -0.00183 e. The summed E-state index contributed by atoms with van der Waals surface area (Å²) < 4.78 is 0. The first-order valence-electron chi connectivity index (χ1n) is 6.43. The highest BCUT2D eigenvalue weighted by molar-refractivity contribution is 7.40. The quantitative estimate of drug-likeness (QED) is 0.658. The Morgan fingerprint density at radius 3 is 1.55 bits per heavy atom. The van der Waals surface area contributed by atoms with Crippen molar-refractivity contribution in [2.45, 2.75) is 26.7 Å². The van der Waals surface area contributed by atoms with E-state index in [0.717, 1.165) is 0 Å². The van der Waals surface area contributed by atoms with Crippen LogP contribution in [0.4, 0.5) is 0 Å². The van der Waals surface area contributed by atoms with Crippen molar-refractivity contribution in [2.75, 3.05) is 0 Å². The minimum Gasteiger partial charge on any atom is -0.105 e. The Kier molecular flexibility index (Phi) is 5.66. The summed E-state index contributed by atoms with van der Waals surface area (Å²) >= 11 is 0. The van der Waals surface area contributed by atoms with Crippen molar-refractivity contribution in [2.24, 2.45) is 0 Å². The largest absolute Gasteiger partial charge is 0.105 e. The van der Waals surface area contributed by atoms with E-state index in [2.05, 4.69) is 76.2 Å². The first-order chi connectivity index (χ1) is 9.20. The zero-order valence-corrected chi connectivity index (χ0v) is 19.0. The third-order valence-electron chi connectivity index (χ3n) is 3.87. The van der Waals surface area contributed by atoms with Crippen molar-refractivity contribution >= 4 is 98.0 Å². The fourth-order valence-corrected chi connectivity index (χ4v) is 6.50. The Morgan fingerprint density at radius 2 is 1.05 bits per heavy atom. The van der Waals surface area contributed by atoms with Gasteiger partial charge >= 0.3 is 0 Å². The van der Waals surface area contributed by atoms with Crippen molar-refractivity contribution in [3.63, 3.8) is 0 Å². The van der Waals surface area contributed by atoms with Gasteiger partial charge in [-0.1, -0.05) is 13.8 Å². The molecule has 20 heavy (non-hydrogen) atoms. The standard InChI is InChI=1S/C14H22P6/c1-4(2)6-11(17)8-7(14(20)12(6)18)9(15)5(3)10(16)13(8)19/h4H,15-20H2,1-3H3. The number of hydrogen-bond donors (Lipinski definition) is 0. The second-order valence-electron chi connectivity index (χ2n) is 5.43. The van der Waals surface area contributed by atoms with Gasteiger partial charge in [-0.25, -0.2) is 0 Å². The summed E-state index contributed by atoms with van der Waals surface area (Å²) in [6, 6.07) is 0. The molecule has 0 N–H and O–H groups in total. The Balaban J connectivity index is 3.17. The monoisotopic (exact) mass is 376 g/mol. The topological polar surface area (TPSA) is 0 Å². The summed E-state index contributed by atoms with van der Waals surface area (Å²) in [6.45, 7) is 6.70. The molecule has 2 rings (SSSR count). The molecule has 0 heterocycles. The van der Waals surface area contributed by atoms with E-state index in [-0.39, 0.29) is 0 Å². The summed E-state index contributed by atoms with van der Waals surface area (Å²) in [5.41, 5.74) is 2.74. The number of hydrogen-bond acceptors (Lipinski definition) is 0. The van der Waals surface area contributed by atoms with E-state index in [1.165, 1.54) is 53.7 Å². The van der Waals surface area contributed by atoms with Crippen molar-refractivity contribution in [1.82, 2.24) is 0 Å². The summed E-state index contributed by atoms with van der Waals surface area (Å²) in [5.74, 6) is 0.505. The number of fused-ring (bicyclic) bond motifs is 1. The molecule has 6 atom stereocenters. The summed E-state index contributed by atoms with van der Waals surface area (Å²) in [4.78, 5) is 0. The van der Waals surface area contributed by atoms with Crippen LogP contribution >= 0.6 is 55.4 Å². The molecule has 0 radical (unpaired) electrons. The molecule has 6 unspecified atom stereocenters. The van der Waals surface area contributed by atoms with Crippen LogP contribution in [0, 0.1) is 6.92 Å². The van der Waals surface area contributed by atoms with Gasteiger partial charge in [-0.15, -0.1) is 55.4 Å². The van der Waals surface area contributed by atoms with E-state index in [4.69, 9.17) is 0 Å². The van der Waals surface area contributed by atoms with Crippen LogP contribution in [-0.2, 0) is 0 Å². The lowest BCUT2D eigenvalue weighted by atomic mass is 9.97. The maximum absolute atomic E-state index is 2.97. The van der Waals surface area contributed by atoms with Gasteiger partial charge in [0.15, 0.2) is 0 Å². The zero-order chi connectivity index (χ0) is 15.4. The molecule has 0 spiro atoms. The van der Waals surface area contributed by atoms with Crippen molar-refractivity contribution in [3.05, 3.63) is 11.1 Å². The van der Waals surface area contributed by atoms with Crippen LogP contribution in [0.3, 0.4) is 0 Å². The smallest absolute Gasteiger partial charge is 0.00183 e. The van der Waals surface area contributed by atoms with Crippen LogP contribution in [0.25, 0.3) is 10.8 Å². The minimum absolute atomic E-state index is 0.505. The Morgan fingerprint density at radius 1 is 0.600 bits per heavy atom. The molecule has 2 aromatic carbocycles. The van der Waals surface area contributed by atoms with Gasteiger partial charge in [-0.05, 0) is 66.6 Å². The van der Waals surface area contributed by atoms with Gasteiger partial charge in [0.2, 0.25) is 0 Å². The average molecular weight is 376 g/mol. The van der Waals surface area contributed by atoms with E-state index in [9.17, 15) is 0 Å². The average Bonchev–Trinajstić information content (AvgIpc) is 2.37. The van der Waals surface area contributed by atoms with E-state index < -0.39 is 0 Å². The summed E-state index contributed by atoms with van der Waals surface area (Å²) in [5, 5.41) is 10.5. The van der Waals surface area contributed by atoms with Gasteiger partial charge in [-0.2, -0.15) is 0 Å². The predicted octanol–water partition coefficient (Wildman–Crippen LogP) is 1.27. The fourth-order valence-electron chi connectivity index (χ4n) is 2.68. The van der Waals surface area contributed by atoms with Crippen LogP contribution in [0.5, 0.6) is 0 Å². The predicted molar refractivity (Wildman–Crippen MR) is 119 cm³/mol. The van der Waals surface area contributed by atoms with E-state index in [0.29, 0.717) is 5.92 Å². The second-order valence-corrected chi connectivity index (χ2v) is 8.89. The van der Waals surface area contributed by atoms with Crippen LogP contribution in [0.2, 0.25) is 0 Å². The highest BCUT2D eigenvalue weighted by atomic mass is 31.0. The van der Waals surface area contributed by atoms with Crippen molar-refractivity contribution < 1.29 is 0 Å². The van der Waals surface area contributed by atoms with Gasteiger partial charge < -0.3 is 0 Å². The van der Waals surface area contributed by atoms with Gasteiger partial charge in [0, 0.05) is 0 Å². The summed E-state index contributed by atoms with van der Waals surface area (Å²) in [7, 11) is 17.6. The third-order valence-corrected chi connectivity index (χ3v) is 8.43. The maximum atomic E-state index is 2.97. The third kappa shape index (κ3) is 2.65. The van der Waals surface area contributed by atoms with E-state index >= 15 is 0 Å². The Bertz CT molecular complexity index is 718. The molecule has 0 saturated heterocycles. The molecule has 0 aromatic heterocycles. The molecule has 2 aromatic rings. The van der Waals surface area contributed by atoms with E-state index in [1.807, 2.05) is 0 Å². The highest BCUT2D eigenvalue weighted by Gasteiger charge is 2.20. The molecule has 0 amide bonds. The molecule has 6 heteroatoms. The molecule has 0 aliphatic carbocycles. The second kappa shape index (κ2) is 6.42. The SMILES string of the molecule is Cc1c(P)c(P)c2c(P)c(C(C)C)c(P)c(P)c2c1P. The lowest BCUT2D eigenvalue weighted by Crippen LogP contribution is -2.34. The first-order valence-corrected chi connectivity index (χ1v) is 9.89. The molecule has 0 saturated carbocycles. The minimum atomic E-state index is 0.505. The van der Waals surface area contributed by atoms with E-state index in [1.54, 1.807) is 0 Å².